The average Bonchev–Trinajstić information content (AvgIpc) is 3.47. The Bertz CT molecular complexity index is 1460. The fourth-order valence-corrected chi connectivity index (χ4v) is 5.41. The number of rotatable bonds is 2. The third-order valence-electron chi connectivity index (χ3n) is 6.92. The molecule has 2 fully saturated rings. The van der Waals surface area contributed by atoms with Crippen molar-refractivity contribution in [3.8, 4) is 5.69 Å². The van der Waals surface area contributed by atoms with Crippen molar-refractivity contribution in [2.45, 2.75) is 25.6 Å². The molecule has 0 bridgehead atoms. The van der Waals surface area contributed by atoms with Gasteiger partial charge < -0.3 is 9.64 Å². The first-order valence-corrected chi connectivity index (χ1v) is 11.9. The van der Waals surface area contributed by atoms with E-state index in [9.17, 15) is 22.4 Å². The van der Waals surface area contributed by atoms with Gasteiger partial charge in [0.05, 0.1) is 28.6 Å². The molecule has 8 nitrogen and oxygen atoms in total. The summed E-state index contributed by atoms with van der Waals surface area (Å²) in [6.07, 6.45) is -2.60. The van der Waals surface area contributed by atoms with Gasteiger partial charge in [0.15, 0.2) is 11.6 Å². The van der Waals surface area contributed by atoms with Gasteiger partial charge >= 0.3 is 6.18 Å². The summed E-state index contributed by atoms with van der Waals surface area (Å²) in [6, 6.07) is 3.66. The van der Waals surface area contributed by atoms with Crippen LogP contribution in [0, 0.1) is 11.2 Å². The normalized spacial score (nSPS) is 20.2. The number of carbonyl (C=O) groups excluding carboxylic acids is 1. The number of ether oxygens (including phenoxy) is 1. The number of amides is 1. The van der Waals surface area contributed by atoms with Crippen LogP contribution in [-0.4, -0.2) is 62.6 Å². The number of aromatic nitrogens is 4. The maximum absolute atomic E-state index is 14.8. The second kappa shape index (κ2) is 8.32. The summed E-state index contributed by atoms with van der Waals surface area (Å²) in [4.78, 5) is 27.7. The van der Waals surface area contributed by atoms with Gasteiger partial charge in [0.1, 0.15) is 11.7 Å². The topological polar surface area (TPSA) is 85.5 Å². The second-order valence-electron chi connectivity index (χ2n) is 9.48. The zero-order valence-corrected chi connectivity index (χ0v) is 20.1. The van der Waals surface area contributed by atoms with Crippen LogP contribution in [0.3, 0.4) is 0 Å². The molecule has 5 heterocycles. The van der Waals surface area contributed by atoms with Crippen LogP contribution in [-0.2, 0) is 10.9 Å². The number of benzene rings is 1. The number of alkyl halides is 3. The van der Waals surface area contributed by atoms with Crippen molar-refractivity contribution in [3.05, 3.63) is 69.8 Å². The van der Waals surface area contributed by atoms with Crippen molar-refractivity contribution < 1.29 is 27.1 Å². The van der Waals surface area contributed by atoms with Crippen LogP contribution in [0.5, 0.6) is 0 Å². The largest absolute Gasteiger partial charge is 0.417 e. The molecule has 1 amide bonds. The van der Waals surface area contributed by atoms with E-state index in [-0.39, 0.29) is 39.7 Å². The predicted molar refractivity (Wildman–Crippen MR) is 123 cm³/mol. The highest BCUT2D eigenvalue weighted by molar-refractivity contribution is 6.37. The van der Waals surface area contributed by atoms with Gasteiger partial charge in [-0.1, -0.05) is 11.6 Å². The smallest absolute Gasteiger partial charge is 0.381 e. The molecule has 1 spiro atoms. The van der Waals surface area contributed by atoms with Gasteiger partial charge in [0.2, 0.25) is 5.82 Å². The Morgan fingerprint density at radius 1 is 1.24 bits per heavy atom. The summed E-state index contributed by atoms with van der Waals surface area (Å²) in [5.41, 5.74) is -1.70. The number of likely N-dealkylation sites (tertiary alicyclic amines) is 1. The summed E-state index contributed by atoms with van der Waals surface area (Å²) >= 11 is 6.32. The Morgan fingerprint density at radius 3 is 2.70 bits per heavy atom. The molecule has 192 valence electrons. The molecular formula is C24H19ClF4N6O2. The lowest BCUT2D eigenvalue weighted by atomic mass is 9.79. The lowest BCUT2D eigenvalue weighted by Crippen LogP contribution is -2.59. The fraction of sp³-hybridized carbons (Fsp3) is 0.375. The van der Waals surface area contributed by atoms with E-state index in [1.165, 1.54) is 23.0 Å². The van der Waals surface area contributed by atoms with E-state index in [1.807, 2.05) is 0 Å². The van der Waals surface area contributed by atoms with E-state index in [4.69, 9.17) is 16.3 Å². The maximum atomic E-state index is 14.8. The Kier molecular flexibility index (Phi) is 5.39. The number of fused-ring (bicyclic) bond motifs is 3. The molecule has 37 heavy (non-hydrogen) atoms. The molecule has 13 heteroatoms. The molecule has 3 aliphatic heterocycles. The first-order valence-electron chi connectivity index (χ1n) is 11.5. The van der Waals surface area contributed by atoms with Crippen LogP contribution in [0.2, 0.25) is 5.02 Å². The van der Waals surface area contributed by atoms with Crippen molar-refractivity contribution in [1.29, 1.82) is 0 Å². The average molecular weight is 535 g/mol. The predicted octanol–water partition coefficient (Wildman–Crippen LogP) is 4.25. The molecule has 3 aromatic rings. The van der Waals surface area contributed by atoms with Gasteiger partial charge in [-0.2, -0.15) is 13.2 Å². The van der Waals surface area contributed by atoms with Gasteiger partial charge in [-0.15, -0.1) is 5.10 Å². The van der Waals surface area contributed by atoms with E-state index < -0.39 is 34.5 Å². The second-order valence-corrected chi connectivity index (χ2v) is 9.85. The summed E-state index contributed by atoms with van der Waals surface area (Å²) in [6.45, 7) is 3.91. The monoisotopic (exact) mass is 534 g/mol. The summed E-state index contributed by atoms with van der Waals surface area (Å²) in [5.74, 6) is -1.09. The van der Waals surface area contributed by atoms with E-state index in [2.05, 4.69) is 20.1 Å². The molecule has 0 aliphatic carbocycles. The number of hydrogen-bond donors (Lipinski definition) is 0. The van der Waals surface area contributed by atoms with Crippen molar-refractivity contribution in [1.82, 2.24) is 24.6 Å². The number of aliphatic imine (C=N–C) groups is 1. The van der Waals surface area contributed by atoms with Gasteiger partial charge in [0.25, 0.3) is 5.91 Å². The van der Waals surface area contributed by atoms with Gasteiger partial charge in [-0.3, -0.25) is 14.8 Å². The zero-order valence-electron chi connectivity index (χ0n) is 19.4. The highest BCUT2D eigenvalue weighted by Crippen LogP contribution is 2.42. The van der Waals surface area contributed by atoms with Crippen LogP contribution in [0.1, 0.15) is 52.7 Å². The van der Waals surface area contributed by atoms with Crippen molar-refractivity contribution >= 4 is 23.2 Å². The van der Waals surface area contributed by atoms with E-state index >= 15 is 0 Å². The summed E-state index contributed by atoms with van der Waals surface area (Å²) in [7, 11) is 0. The molecule has 3 aliphatic rings. The molecule has 1 atom stereocenters. The fourth-order valence-electron chi connectivity index (χ4n) is 5.05. The SMILES string of the molecule is C[C@@H]1N=C(c2ncccc2F)c2c(ccc(C(F)(F)F)c2Cl)-n2nc(C(=O)N3CC4(CCOC4)C3)nc21. The Morgan fingerprint density at radius 2 is 2.03 bits per heavy atom. The minimum Gasteiger partial charge on any atom is -0.381 e. The van der Waals surface area contributed by atoms with Crippen LogP contribution in [0.15, 0.2) is 35.5 Å². The Labute approximate surface area is 212 Å². The number of halogens is 5. The van der Waals surface area contributed by atoms with E-state index in [1.54, 1.807) is 11.8 Å². The number of pyridine rings is 1. The van der Waals surface area contributed by atoms with Gasteiger partial charge in [-0.25, -0.2) is 14.1 Å². The van der Waals surface area contributed by atoms with Crippen LogP contribution < -0.4 is 0 Å². The molecule has 0 unspecified atom stereocenters. The lowest BCUT2D eigenvalue weighted by Gasteiger charge is -2.46. The number of carbonyl (C=O) groups is 1. The minimum atomic E-state index is -4.78. The Hall–Kier alpha value is -3.38. The molecular weight excluding hydrogens is 516 g/mol. The van der Waals surface area contributed by atoms with Gasteiger partial charge in [0, 0.05) is 36.9 Å². The molecule has 0 radical (unpaired) electrons. The lowest BCUT2D eigenvalue weighted by molar-refractivity contribution is -0.137. The molecule has 0 saturated carbocycles. The molecule has 1 aromatic carbocycles. The van der Waals surface area contributed by atoms with Crippen LogP contribution in [0.4, 0.5) is 17.6 Å². The van der Waals surface area contributed by atoms with Crippen LogP contribution >= 0.6 is 11.6 Å². The van der Waals surface area contributed by atoms with Crippen LogP contribution in [0.25, 0.3) is 5.69 Å². The van der Waals surface area contributed by atoms with Crippen molar-refractivity contribution in [2.75, 3.05) is 26.3 Å². The van der Waals surface area contributed by atoms with E-state index in [0.717, 1.165) is 18.6 Å². The number of hydrogen-bond acceptors (Lipinski definition) is 6. The van der Waals surface area contributed by atoms with E-state index in [0.29, 0.717) is 26.3 Å². The van der Waals surface area contributed by atoms with Crippen molar-refractivity contribution in [3.63, 3.8) is 0 Å². The molecule has 0 N–H and O–H groups in total. The third-order valence-corrected chi connectivity index (χ3v) is 7.31. The standard InChI is InChI=1S/C24H19ClF4N6O2/c1-12-21-32-20(22(36)34-9-23(10-34)6-8-37-11-23)33-35(21)15-5-4-13(24(27,28)29)17(25)16(15)19(31-12)18-14(26)3-2-7-30-18/h2-5,7,12H,6,8-11H2,1H3/t12-/m0/s1. The summed E-state index contributed by atoms with van der Waals surface area (Å²) < 4.78 is 62.8. The molecule has 2 aromatic heterocycles. The Balaban J connectivity index is 1.48. The number of nitrogens with zero attached hydrogens (tertiary/aromatic N) is 6. The maximum Gasteiger partial charge on any atom is 0.417 e. The first kappa shape index (κ1) is 24.0. The minimum absolute atomic E-state index is 0.0418. The van der Waals surface area contributed by atoms with Crippen molar-refractivity contribution in [2.24, 2.45) is 10.4 Å². The van der Waals surface area contributed by atoms with Gasteiger partial charge in [-0.05, 0) is 37.6 Å². The molecule has 6 rings (SSSR count). The quantitative estimate of drug-likeness (QED) is 0.459. The highest BCUT2D eigenvalue weighted by atomic mass is 35.5. The third kappa shape index (κ3) is 3.81. The zero-order chi connectivity index (χ0) is 26.1. The summed E-state index contributed by atoms with van der Waals surface area (Å²) in [5, 5.41) is 3.68. The first-order chi connectivity index (χ1) is 17.6. The highest BCUT2D eigenvalue weighted by Gasteiger charge is 2.48. The molecule has 2 saturated heterocycles.